The summed E-state index contributed by atoms with van der Waals surface area (Å²) in [7, 11) is 2.00. The van der Waals surface area contributed by atoms with Crippen LogP contribution in [0.15, 0.2) is 24.3 Å². The van der Waals surface area contributed by atoms with Crippen molar-refractivity contribution in [2.45, 2.75) is 33.1 Å². The number of hydrogen-bond acceptors (Lipinski definition) is 1. The lowest BCUT2D eigenvalue weighted by Gasteiger charge is -2.07. The van der Waals surface area contributed by atoms with Crippen molar-refractivity contribution in [3.8, 4) is 0 Å². The summed E-state index contributed by atoms with van der Waals surface area (Å²) < 4.78 is 0. The fraction of sp³-hybridized carbons (Fsp3) is 0.571. The van der Waals surface area contributed by atoms with Gasteiger partial charge in [0.05, 0.1) is 0 Å². The smallest absolute Gasteiger partial charge is 0.00114 e. The van der Waals surface area contributed by atoms with Crippen molar-refractivity contribution in [1.82, 2.24) is 5.32 Å². The van der Waals surface area contributed by atoms with E-state index in [0.29, 0.717) is 0 Å². The second-order valence-electron chi connectivity index (χ2n) is 4.61. The molecule has 0 bridgehead atoms. The Bertz CT molecular complexity index is 278. The van der Waals surface area contributed by atoms with Crippen LogP contribution < -0.4 is 5.32 Å². The minimum atomic E-state index is 0.797. The molecule has 0 fully saturated rings. The third-order valence-corrected chi connectivity index (χ3v) is 2.67. The van der Waals surface area contributed by atoms with Crippen molar-refractivity contribution in [2.24, 2.45) is 5.92 Å². The molecule has 0 saturated carbocycles. The zero-order valence-electron chi connectivity index (χ0n) is 10.2. The first-order valence-electron chi connectivity index (χ1n) is 5.94. The Morgan fingerprint density at radius 1 is 1.13 bits per heavy atom. The van der Waals surface area contributed by atoms with Gasteiger partial charge in [-0.1, -0.05) is 38.1 Å². The standard InChI is InChI=1S/C14H23N/c1-12(2)7-8-13-5-4-6-14(11-13)9-10-15-3/h4-6,11-12,15H,7-10H2,1-3H3. The molecule has 15 heavy (non-hydrogen) atoms. The molecular formula is C14H23N. The van der Waals surface area contributed by atoms with Gasteiger partial charge in [-0.25, -0.2) is 0 Å². The average Bonchev–Trinajstić information content (AvgIpc) is 2.24. The van der Waals surface area contributed by atoms with Crippen molar-refractivity contribution < 1.29 is 0 Å². The lowest BCUT2D eigenvalue weighted by molar-refractivity contribution is 0.586. The average molecular weight is 205 g/mol. The maximum atomic E-state index is 3.19. The predicted molar refractivity (Wildman–Crippen MR) is 67.2 cm³/mol. The molecule has 0 aromatic heterocycles. The number of aryl methyl sites for hydroxylation is 1. The van der Waals surface area contributed by atoms with Gasteiger partial charge >= 0.3 is 0 Å². The van der Waals surface area contributed by atoms with Gasteiger partial charge in [0.15, 0.2) is 0 Å². The number of nitrogens with one attached hydrogen (secondary N) is 1. The van der Waals surface area contributed by atoms with Gasteiger partial charge in [0, 0.05) is 0 Å². The molecule has 0 aliphatic rings. The van der Waals surface area contributed by atoms with E-state index in [4.69, 9.17) is 0 Å². The number of benzene rings is 1. The van der Waals surface area contributed by atoms with E-state index in [0.717, 1.165) is 18.9 Å². The van der Waals surface area contributed by atoms with Crippen molar-refractivity contribution in [2.75, 3.05) is 13.6 Å². The highest BCUT2D eigenvalue weighted by atomic mass is 14.8. The quantitative estimate of drug-likeness (QED) is 0.752. The minimum Gasteiger partial charge on any atom is -0.319 e. The first-order chi connectivity index (χ1) is 7.22. The predicted octanol–water partition coefficient (Wildman–Crippen LogP) is 3.04. The number of likely N-dealkylation sites (N-methyl/N-ethyl adjacent to an activating group) is 1. The number of hydrogen-bond donors (Lipinski definition) is 1. The maximum absolute atomic E-state index is 3.19. The normalized spacial score (nSPS) is 10.9. The van der Waals surface area contributed by atoms with Crippen LogP contribution in [0.4, 0.5) is 0 Å². The summed E-state index contributed by atoms with van der Waals surface area (Å²) in [6.07, 6.45) is 3.63. The maximum Gasteiger partial charge on any atom is -0.00114 e. The molecule has 0 amide bonds. The molecule has 1 nitrogen and oxygen atoms in total. The van der Waals surface area contributed by atoms with E-state index >= 15 is 0 Å². The third kappa shape index (κ3) is 4.98. The van der Waals surface area contributed by atoms with Crippen LogP contribution in [-0.2, 0) is 12.8 Å². The second kappa shape index (κ2) is 6.62. The van der Waals surface area contributed by atoms with Crippen LogP contribution in [0.1, 0.15) is 31.4 Å². The summed E-state index contributed by atoms with van der Waals surface area (Å²) >= 11 is 0. The van der Waals surface area contributed by atoms with Gasteiger partial charge < -0.3 is 5.32 Å². The molecule has 0 spiro atoms. The van der Waals surface area contributed by atoms with E-state index in [9.17, 15) is 0 Å². The fourth-order valence-electron chi connectivity index (χ4n) is 1.67. The van der Waals surface area contributed by atoms with Gasteiger partial charge in [0.25, 0.3) is 0 Å². The van der Waals surface area contributed by atoms with Gasteiger partial charge in [-0.2, -0.15) is 0 Å². The summed E-state index contributed by atoms with van der Waals surface area (Å²) in [6.45, 7) is 5.63. The summed E-state index contributed by atoms with van der Waals surface area (Å²) in [5.41, 5.74) is 2.93. The van der Waals surface area contributed by atoms with Crippen LogP contribution in [0.2, 0.25) is 0 Å². The molecule has 0 unspecified atom stereocenters. The summed E-state index contributed by atoms with van der Waals surface area (Å²) in [5.74, 6) is 0.797. The molecule has 0 aliphatic carbocycles. The fourth-order valence-corrected chi connectivity index (χ4v) is 1.67. The molecule has 0 radical (unpaired) electrons. The largest absolute Gasteiger partial charge is 0.319 e. The first-order valence-corrected chi connectivity index (χ1v) is 5.94. The Labute approximate surface area is 93.9 Å². The Morgan fingerprint density at radius 2 is 1.80 bits per heavy atom. The van der Waals surface area contributed by atoms with Gasteiger partial charge in [-0.3, -0.25) is 0 Å². The van der Waals surface area contributed by atoms with E-state index in [2.05, 4.69) is 43.4 Å². The summed E-state index contributed by atoms with van der Waals surface area (Å²) in [6, 6.07) is 8.99. The van der Waals surface area contributed by atoms with Crippen molar-refractivity contribution in [1.29, 1.82) is 0 Å². The van der Waals surface area contributed by atoms with Crippen LogP contribution in [0.5, 0.6) is 0 Å². The molecule has 0 heterocycles. The van der Waals surface area contributed by atoms with Crippen LogP contribution in [0.3, 0.4) is 0 Å². The molecule has 1 heteroatoms. The van der Waals surface area contributed by atoms with E-state index in [1.54, 1.807) is 0 Å². The lowest BCUT2D eigenvalue weighted by Crippen LogP contribution is -2.10. The highest BCUT2D eigenvalue weighted by Crippen LogP contribution is 2.11. The molecule has 1 N–H and O–H groups in total. The zero-order chi connectivity index (χ0) is 11.1. The highest BCUT2D eigenvalue weighted by Gasteiger charge is 1.98. The van der Waals surface area contributed by atoms with E-state index in [-0.39, 0.29) is 0 Å². The van der Waals surface area contributed by atoms with Gasteiger partial charge in [-0.15, -0.1) is 0 Å². The van der Waals surface area contributed by atoms with Crippen molar-refractivity contribution in [3.63, 3.8) is 0 Å². The minimum absolute atomic E-state index is 0.797. The summed E-state index contributed by atoms with van der Waals surface area (Å²) in [5, 5.41) is 3.19. The Kier molecular flexibility index (Phi) is 5.41. The molecule has 84 valence electrons. The van der Waals surface area contributed by atoms with E-state index < -0.39 is 0 Å². The topological polar surface area (TPSA) is 12.0 Å². The molecule has 0 aliphatic heterocycles. The molecule has 0 atom stereocenters. The van der Waals surface area contributed by atoms with E-state index in [1.807, 2.05) is 7.05 Å². The van der Waals surface area contributed by atoms with Crippen molar-refractivity contribution in [3.05, 3.63) is 35.4 Å². The molecule has 0 saturated heterocycles. The second-order valence-corrected chi connectivity index (χ2v) is 4.61. The van der Waals surface area contributed by atoms with Gasteiger partial charge in [0.1, 0.15) is 0 Å². The molecule has 1 rings (SSSR count). The number of rotatable bonds is 6. The Hall–Kier alpha value is -0.820. The zero-order valence-corrected chi connectivity index (χ0v) is 10.2. The van der Waals surface area contributed by atoms with Crippen LogP contribution in [-0.4, -0.2) is 13.6 Å². The summed E-state index contributed by atoms with van der Waals surface area (Å²) in [4.78, 5) is 0. The highest BCUT2D eigenvalue weighted by molar-refractivity contribution is 5.23. The molecule has 1 aromatic carbocycles. The van der Waals surface area contributed by atoms with Crippen LogP contribution in [0.25, 0.3) is 0 Å². The van der Waals surface area contributed by atoms with Crippen LogP contribution >= 0.6 is 0 Å². The SMILES string of the molecule is CNCCc1cccc(CCC(C)C)c1. The Balaban J connectivity index is 2.50. The lowest BCUT2D eigenvalue weighted by atomic mass is 10.0. The first kappa shape index (κ1) is 12.3. The van der Waals surface area contributed by atoms with Crippen molar-refractivity contribution >= 4 is 0 Å². The van der Waals surface area contributed by atoms with Gasteiger partial charge in [0.2, 0.25) is 0 Å². The molecular weight excluding hydrogens is 182 g/mol. The van der Waals surface area contributed by atoms with Gasteiger partial charge in [-0.05, 0) is 49.9 Å². The third-order valence-electron chi connectivity index (χ3n) is 2.67. The van der Waals surface area contributed by atoms with E-state index in [1.165, 1.54) is 24.0 Å². The molecule has 1 aromatic rings. The Morgan fingerprint density at radius 3 is 2.40 bits per heavy atom. The monoisotopic (exact) mass is 205 g/mol. The van der Waals surface area contributed by atoms with Crippen LogP contribution in [0, 0.1) is 5.92 Å².